The van der Waals surface area contributed by atoms with E-state index in [0.29, 0.717) is 22.9 Å². The molecule has 100 valence electrons. The van der Waals surface area contributed by atoms with Crippen molar-refractivity contribution in [1.82, 2.24) is 10.2 Å². The Morgan fingerprint density at radius 3 is 2.70 bits per heavy atom. The molecule has 0 aliphatic rings. The van der Waals surface area contributed by atoms with Crippen LogP contribution in [0, 0.1) is 5.82 Å². The largest absolute Gasteiger partial charge is 0.420 e. The lowest BCUT2D eigenvalue weighted by atomic mass is 10.1. The molecular weight excluding hydrogens is 279 g/mol. The molecule has 0 saturated carbocycles. The molecule has 3 aromatic rings. The lowest BCUT2D eigenvalue weighted by molar-refractivity contribution is 0.513. The highest BCUT2D eigenvalue weighted by Crippen LogP contribution is 2.22. The highest BCUT2D eigenvalue weighted by atomic mass is 35.5. The summed E-state index contributed by atoms with van der Waals surface area (Å²) in [6, 6.07) is 13.7. The number of hydrogen-bond donors (Lipinski definition) is 0. The maximum atomic E-state index is 13.6. The Kier molecular flexibility index (Phi) is 3.48. The van der Waals surface area contributed by atoms with Crippen molar-refractivity contribution in [2.45, 2.75) is 6.42 Å². The molecule has 0 bridgehead atoms. The van der Waals surface area contributed by atoms with Crippen LogP contribution in [-0.2, 0) is 6.42 Å². The number of hydrogen-bond acceptors (Lipinski definition) is 3. The number of aromatic nitrogens is 2. The predicted octanol–water partition coefficient (Wildman–Crippen LogP) is 4.12. The molecule has 0 spiro atoms. The summed E-state index contributed by atoms with van der Waals surface area (Å²) >= 11 is 5.92. The van der Waals surface area contributed by atoms with Gasteiger partial charge in [0.1, 0.15) is 5.82 Å². The molecule has 0 aliphatic carbocycles. The standard InChI is InChI=1S/C15H10ClFN2O/c16-11-5-3-4-10(8-11)9-14-18-19-15(20-14)12-6-1-2-7-13(12)17/h1-8H,9H2. The van der Waals surface area contributed by atoms with Crippen molar-refractivity contribution in [3.8, 4) is 11.5 Å². The van der Waals surface area contributed by atoms with Crippen molar-refractivity contribution in [3.63, 3.8) is 0 Å². The quantitative estimate of drug-likeness (QED) is 0.728. The fraction of sp³-hybridized carbons (Fsp3) is 0.0667. The number of benzene rings is 2. The molecule has 20 heavy (non-hydrogen) atoms. The topological polar surface area (TPSA) is 38.9 Å². The van der Waals surface area contributed by atoms with Crippen molar-refractivity contribution < 1.29 is 8.81 Å². The Balaban J connectivity index is 1.86. The Hall–Kier alpha value is -2.20. The van der Waals surface area contributed by atoms with Crippen molar-refractivity contribution in [2.75, 3.05) is 0 Å². The maximum absolute atomic E-state index is 13.6. The molecule has 0 unspecified atom stereocenters. The highest BCUT2D eigenvalue weighted by Gasteiger charge is 2.12. The summed E-state index contributed by atoms with van der Waals surface area (Å²) in [5.74, 6) is 0.219. The van der Waals surface area contributed by atoms with Gasteiger partial charge in [-0.15, -0.1) is 10.2 Å². The van der Waals surface area contributed by atoms with Crippen LogP contribution in [-0.4, -0.2) is 10.2 Å². The van der Waals surface area contributed by atoms with Gasteiger partial charge in [0, 0.05) is 5.02 Å². The third-order valence-electron chi connectivity index (χ3n) is 2.82. The third kappa shape index (κ3) is 2.70. The fourth-order valence-corrected chi connectivity index (χ4v) is 2.10. The van der Waals surface area contributed by atoms with Crippen molar-refractivity contribution in [1.29, 1.82) is 0 Å². The van der Waals surface area contributed by atoms with E-state index in [4.69, 9.17) is 16.0 Å². The maximum Gasteiger partial charge on any atom is 0.250 e. The van der Waals surface area contributed by atoms with E-state index >= 15 is 0 Å². The zero-order valence-electron chi connectivity index (χ0n) is 10.4. The Morgan fingerprint density at radius 1 is 1.05 bits per heavy atom. The first-order valence-electron chi connectivity index (χ1n) is 6.04. The number of nitrogens with zero attached hydrogens (tertiary/aromatic N) is 2. The zero-order valence-corrected chi connectivity index (χ0v) is 11.1. The second kappa shape index (κ2) is 5.43. The fourth-order valence-electron chi connectivity index (χ4n) is 1.89. The molecule has 1 aromatic heterocycles. The second-order valence-electron chi connectivity index (χ2n) is 4.29. The average Bonchev–Trinajstić information content (AvgIpc) is 2.87. The van der Waals surface area contributed by atoms with Gasteiger partial charge in [-0.2, -0.15) is 0 Å². The SMILES string of the molecule is Fc1ccccc1-c1nnc(Cc2cccc(Cl)c2)o1. The van der Waals surface area contributed by atoms with E-state index in [0.717, 1.165) is 5.56 Å². The van der Waals surface area contributed by atoms with Crippen LogP contribution >= 0.6 is 11.6 Å². The summed E-state index contributed by atoms with van der Waals surface area (Å²) in [6.45, 7) is 0. The molecule has 5 heteroatoms. The normalized spacial score (nSPS) is 10.7. The summed E-state index contributed by atoms with van der Waals surface area (Å²) in [5.41, 5.74) is 1.26. The lowest BCUT2D eigenvalue weighted by Crippen LogP contribution is -1.87. The summed E-state index contributed by atoms with van der Waals surface area (Å²) in [7, 11) is 0. The van der Waals surface area contributed by atoms with Crippen LogP contribution < -0.4 is 0 Å². The Bertz CT molecular complexity index is 742. The van der Waals surface area contributed by atoms with E-state index in [1.165, 1.54) is 6.07 Å². The van der Waals surface area contributed by atoms with Gasteiger partial charge in [0.05, 0.1) is 12.0 Å². The van der Waals surface area contributed by atoms with Crippen LogP contribution in [0.3, 0.4) is 0 Å². The second-order valence-corrected chi connectivity index (χ2v) is 4.72. The van der Waals surface area contributed by atoms with E-state index in [9.17, 15) is 4.39 Å². The van der Waals surface area contributed by atoms with Gasteiger partial charge in [-0.05, 0) is 29.8 Å². The van der Waals surface area contributed by atoms with E-state index in [1.807, 2.05) is 18.2 Å². The monoisotopic (exact) mass is 288 g/mol. The van der Waals surface area contributed by atoms with Crippen LogP contribution in [0.25, 0.3) is 11.5 Å². The van der Waals surface area contributed by atoms with Crippen LogP contribution in [0.4, 0.5) is 4.39 Å². The van der Waals surface area contributed by atoms with Crippen molar-refractivity contribution >= 4 is 11.6 Å². The molecule has 3 nitrogen and oxygen atoms in total. The smallest absolute Gasteiger partial charge is 0.250 e. The van der Waals surface area contributed by atoms with Crippen LogP contribution in [0.1, 0.15) is 11.5 Å². The number of halogens is 2. The van der Waals surface area contributed by atoms with E-state index in [1.54, 1.807) is 24.3 Å². The van der Waals surface area contributed by atoms with E-state index < -0.39 is 0 Å². The Labute approximate surface area is 120 Å². The molecular formula is C15H10ClFN2O. The van der Waals surface area contributed by atoms with Crippen LogP contribution in [0.15, 0.2) is 52.9 Å². The summed E-state index contributed by atoms with van der Waals surface area (Å²) in [4.78, 5) is 0. The number of rotatable bonds is 3. The average molecular weight is 289 g/mol. The molecule has 0 aliphatic heterocycles. The lowest BCUT2D eigenvalue weighted by Gasteiger charge is -1.98. The van der Waals surface area contributed by atoms with Gasteiger partial charge in [0.2, 0.25) is 5.89 Å². The van der Waals surface area contributed by atoms with Gasteiger partial charge in [-0.1, -0.05) is 35.9 Å². The molecule has 0 radical (unpaired) electrons. The highest BCUT2D eigenvalue weighted by molar-refractivity contribution is 6.30. The predicted molar refractivity (Wildman–Crippen MR) is 74.0 cm³/mol. The molecule has 0 saturated heterocycles. The van der Waals surface area contributed by atoms with Gasteiger partial charge in [-0.3, -0.25) is 0 Å². The minimum absolute atomic E-state index is 0.181. The molecule has 0 amide bonds. The summed E-state index contributed by atoms with van der Waals surface area (Å²) in [5, 5.41) is 8.46. The van der Waals surface area contributed by atoms with Gasteiger partial charge >= 0.3 is 0 Å². The molecule has 0 fully saturated rings. The minimum atomic E-state index is -0.384. The molecule has 3 rings (SSSR count). The molecule has 2 aromatic carbocycles. The molecule has 0 N–H and O–H groups in total. The van der Waals surface area contributed by atoms with Gasteiger partial charge in [0.25, 0.3) is 5.89 Å². The summed E-state index contributed by atoms with van der Waals surface area (Å²) < 4.78 is 19.1. The van der Waals surface area contributed by atoms with Gasteiger partial charge in [-0.25, -0.2) is 4.39 Å². The minimum Gasteiger partial charge on any atom is -0.420 e. The Morgan fingerprint density at radius 2 is 1.90 bits per heavy atom. The molecule has 1 heterocycles. The van der Waals surface area contributed by atoms with Crippen molar-refractivity contribution in [2.24, 2.45) is 0 Å². The van der Waals surface area contributed by atoms with Gasteiger partial charge < -0.3 is 4.42 Å². The van der Waals surface area contributed by atoms with E-state index in [-0.39, 0.29) is 11.7 Å². The zero-order chi connectivity index (χ0) is 13.9. The van der Waals surface area contributed by atoms with Gasteiger partial charge in [0.15, 0.2) is 0 Å². The molecule has 0 atom stereocenters. The summed E-state index contributed by atoms with van der Waals surface area (Å²) in [6.07, 6.45) is 0.460. The first-order chi connectivity index (χ1) is 9.72. The first-order valence-corrected chi connectivity index (χ1v) is 6.42. The van der Waals surface area contributed by atoms with Crippen LogP contribution in [0.5, 0.6) is 0 Å². The third-order valence-corrected chi connectivity index (χ3v) is 3.05. The first kappa shape index (κ1) is 12.8. The van der Waals surface area contributed by atoms with E-state index in [2.05, 4.69) is 10.2 Å². The van der Waals surface area contributed by atoms with Crippen molar-refractivity contribution in [3.05, 3.63) is 70.8 Å². The van der Waals surface area contributed by atoms with Crippen LogP contribution in [0.2, 0.25) is 5.02 Å².